The minimum absolute atomic E-state index is 0. The maximum absolute atomic E-state index is 9.75. The van der Waals surface area contributed by atoms with Crippen LogP contribution in [0.3, 0.4) is 0 Å². The Bertz CT molecular complexity index is 1550. The average Bonchev–Trinajstić information content (AvgIpc) is 3.16. The Balaban J connectivity index is 0.000000444. The van der Waals surface area contributed by atoms with E-state index in [0.717, 1.165) is 0 Å². The molecule has 0 radical (unpaired) electrons. The van der Waals surface area contributed by atoms with Crippen LogP contribution in [0, 0.1) is 0 Å². The molecular weight excluding hydrogens is 930 g/mol. The molecule has 0 aromatic heterocycles. The molecule has 0 heterocycles. The van der Waals surface area contributed by atoms with Gasteiger partial charge in [-0.2, -0.15) is 0 Å². The molecule has 0 fully saturated rings. The summed E-state index contributed by atoms with van der Waals surface area (Å²) in [6.07, 6.45) is 7.17. The van der Waals surface area contributed by atoms with Crippen LogP contribution in [0.5, 0.6) is 0 Å². The van der Waals surface area contributed by atoms with Crippen molar-refractivity contribution in [3.8, 4) is 0 Å². The van der Waals surface area contributed by atoms with Crippen LogP contribution in [0.2, 0.25) is 0 Å². The first-order valence-corrected chi connectivity index (χ1v) is 21.9. The third kappa shape index (κ3) is 32.9. The van der Waals surface area contributed by atoms with Crippen molar-refractivity contribution < 1.29 is 71.3 Å². The van der Waals surface area contributed by atoms with Crippen LogP contribution in [-0.2, 0) is 56.4 Å². The molecular formula is C42H42B3F12P2Rh. The number of halogens is 12. The van der Waals surface area contributed by atoms with E-state index < -0.39 is 21.8 Å². The maximum atomic E-state index is 9.75. The van der Waals surface area contributed by atoms with E-state index in [4.69, 9.17) is 0 Å². The van der Waals surface area contributed by atoms with Crippen molar-refractivity contribution in [1.82, 2.24) is 0 Å². The zero-order valence-electron chi connectivity index (χ0n) is 32.1. The SMILES string of the molecule is F[B-](F)(F)F.F[B-](F)(F)F.F[B-](F)(F)F.[Rh+3].c1ccc(CP(Cc2ccccc2)Cc2ccccc2)cc1.c1ccc(CP(Cc2ccccc2)Cc2ccccc2)cc1. The van der Waals surface area contributed by atoms with Crippen molar-refractivity contribution in [2.24, 2.45) is 0 Å². The fourth-order valence-corrected chi connectivity index (χ4v) is 10.4. The van der Waals surface area contributed by atoms with Crippen LogP contribution in [-0.4, -0.2) is 21.8 Å². The van der Waals surface area contributed by atoms with E-state index in [0.29, 0.717) is 0 Å². The summed E-state index contributed by atoms with van der Waals surface area (Å²) in [5.41, 5.74) is 8.75. The Morgan fingerprint density at radius 2 is 0.333 bits per heavy atom. The summed E-state index contributed by atoms with van der Waals surface area (Å²) >= 11 is 0. The third-order valence-electron chi connectivity index (χ3n) is 7.49. The van der Waals surface area contributed by atoms with Gasteiger partial charge in [-0.05, 0) is 70.4 Å². The van der Waals surface area contributed by atoms with Crippen LogP contribution in [0.25, 0.3) is 0 Å². The topological polar surface area (TPSA) is 0 Å². The molecule has 0 aliphatic rings. The maximum Gasteiger partial charge on any atom is 3.00 e. The Morgan fingerprint density at radius 3 is 0.433 bits per heavy atom. The van der Waals surface area contributed by atoms with Gasteiger partial charge in [0.2, 0.25) is 0 Å². The van der Waals surface area contributed by atoms with Gasteiger partial charge in [-0.25, -0.2) is 0 Å². The Hall–Kier alpha value is -3.84. The van der Waals surface area contributed by atoms with E-state index in [1.165, 1.54) is 70.4 Å². The van der Waals surface area contributed by atoms with Crippen molar-refractivity contribution >= 4 is 37.6 Å². The predicted octanol–water partition coefficient (Wildman–Crippen LogP) is 16.0. The summed E-state index contributed by atoms with van der Waals surface area (Å²) in [4.78, 5) is 0. The van der Waals surface area contributed by atoms with Crippen LogP contribution in [0.15, 0.2) is 182 Å². The van der Waals surface area contributed by atoms with Crippen LogP contribution >= 0.6 is 15.8 Å². The van der Waals surface area contributed by atoms with Crippen molar-refractivity contribution in [1.29, 1.82) is 0 Å². The number of benzene rings is 6. The molecule has 0 saturated heterocycles. The number of hydrogen-bond donors (Lipinski definition) is 0. The van der Waals surface area contributed by atoms with Gasteiger partial charge in [-0.1, -0.05) is 198 Å². The van der Waals surface area contributed by atoms with Crippen LogP contribution in [0.1, 0.15) is 33.4 Å². The van der Waals surface area contributed by atoms with Crippen molar-refractivity contribution in [3.05, 3.63) is 215 Å². The van der Waals surface area contributed by atoms with Gasteiger partial charge in [-0.3, -0.25) is 0 Å². The Kier molecular flexibility index (Phi) is 26.6. The molecule has 60 heavy (non-hydrogen) atoms. The molecule has 6 rings (SSSR count). The second-order valence-electron chi connectivity index (χ2n) is 12.7. The molecule has 0 amide bonds. The van der Waals surface area contributed by atoms with Crippen molar-refractivity contribution in [3.63, 3.8) is 0 Å². The molecule has 0 unspecified atom stereocenters. The summed E-state index contributed by atoms with van der Waals surface area (Å²) < 4.78 is 117. The monoisotopic (exact) mass is 972 g/mol. The van der Waals surface area contributed by atoms with Gasteiger partial charge in [0.05, 0.1) is 0 Å². The zero-order valence-corrected chi connectivity index (χ0v) is 35.5. The van der Waals surface area contributed by atoms with Gasteiger partial charge in [0.1, 0.15) is 0 Å². The Labute approximate surface area is 359 Å². The molecule has 6 aromatic rings. The zero-order chi connectivity index (χ0) is 43.6. The smallest absolute Gasteiger partial charge is 0.418 e. The molecule has 0 aliphatic carbocycles. The normalized spacial score (nSPS) is 10.9. The van der Waals surface area contributed by atoms with Gasteiger partial charge in [-0.15, -0.1) is 0 Å². The minimum atomic E-state index is -6.00. The van der Waals surface area contributed by atoms with E-state index in [1.54, 1.807) is 0 Å². The molecule has 322 valence electrons. The summed E-state index contributed by atoms with van der Waals surface area (Å²) in [5.74, 6) is 0. The van der Waals surface area contributed by atoms with E-state index >= 15 is 0 Å². The standard InChI is InChI=1S/2C21H21P.3BF4.Rh/c2*1-4-10-19(11-5-1)16-22(17-20-12-6-2-7-13-20)18-21-14-8-3-9-15-21;3*2-1(3,4)5;/h2*1-15H,16-18H2;;;;/q;;3*-1;+3. The quantitative estimate of drug-likeness (QED) is 0.0651. The molecule has 0 spiro atoms. The van der Waals surface area contributed by atoms with E-state index in [2.05, 4.69) is 182 Å². The number of hydrogen-bond acceptors (Lipinski definition) is 0. The van der Waals surface area contributed by atoms with Crippen LogP contribution in [0.4, 0.5) is 51.8 Å². The van der Waals surface area contributed by atoms with Gasteiger partial charge in [0, 0.05) is 0 Å². The summed E-state index contributed by atoms with van der Waals surface area (Å²) in [6.45, 7) is 0. The van der Waals surface area contributed by atoms with E-state index in [9.17, 15) is 51.8 Å². The molecule has 0 saturated carbocycles. The fraction of sp³-hybridized carbons (Fsp3) is 0.143. The van der Waals surface area contributed by atoms with Crippen molar-refractivity contribution in [2.45, 2.75) is 37.0 Å². The van der Waals surface area contributed by atoms with Crippen LogP contribution < -0.4 is 0 Å². The first kappa shape index (κ1) is 54.2. The predicted molar refractivity (Wildman–Crippen MR) is 225 cm³/mol. The summed E-state index contributed by atoms with van der Waals surface area (Å²) in [7, 11) is -18.2. The molecule has 18 heteroatoms. The summed E-state index contributed by atoms with van der Waals surface area (Å²) in [5, 5.41) is 0. The minimum Gasteiger partial charge on any atom is -0.418 e. The molecule has 0 nitrogen and oxygen atoms in total. The molecule has 0 N–H and O–H groups in total. The van der Waals surface area contributed by atoms with E-state index in [1.807, 2.05) is 0 Å². The first-order valence-electron chi connectivity index (χ1n) is 18.1. The first-order chi connectivity index (χ1) is 27.8. The van der Waals surface area contributed by atoms with E-state index in [-0.39, 0.29) is 35.3 Å². The van der Waals surface area contributed by atoms with Gasteiger partial charge in [0.15, 0.2) is 0 Å². The summed E-state index contributed by atoms with van der Waals surface area (Å²) in [6, 6.07) is 65.4. The second kappa shape index (κ2) is 29.4. The number of rotatable bonds is 12. The fourth-order valence-electron chi connectivity index (χ4n) is 5.39. The average molecular weight is 972 g/mol. The van der Waals surface area contributed by atoms with Gasteiger partial charge >= 0.3 is 41.2 Å². The van der Waals surface area contributed by atoms with Crippen molar-refractivity contribution in [2.75, 3.05) is 0 Å². The molecule has 6 aromatic carbocycles. The third-order valence-corrected chi connectivity index (χ3v) is 12.4. The molecule has 0 aliphatic heterocycles. The Morgan fingerprint density at radius 1 is 0.233 bits per heavy atom. The second-order valence-corrected chi connectivity index (χ2v) is 17.3. The van der Waals surface area contributed by atoms with Gasteiger partial charge < -0.3 is 51.8 Å². The van der Waals surface area contributed by atoms with Gasteiger partial charge in [0.25, 0.3) is 0 Å². The molecule has 0 bridgehead atoms. The molecule has 0 atom stereocenters. The largest absolute Gasteiger partial charge is 3.00 e.